The number of carbonyl (C=O) groups excluding carboxylic acids is 1. The van der Waals surface area contributed by atoms with Crippen LogP contribution in [0.5, 0.6) is 0 Å². The van der Waals surface area contributed by atoms with Crippen LogP contribution in [0.25, 0.3) is 0 Å². The summed E-state index contributed by atoms with van der Waals surface area (Å²) in [5, 5.41) is 10.3. The summed E-state index contributed by atoms with van der Waals surface area (Å²) in [4.78, 5) is 25.6. The maximum absolute atomic E-state index is 13.4. The van der Waals surface area contributed by atoms with Crippen molar-refractivity contribution in [3.8, 4) is 0 Å². The first-order valence-corrected chi connectivity index (χ1v) is 9.47. The van der Waals surface area contributed by atoms with Crippen LogP contribution in [0.3, 0.4) is 0 Å². The molecular weight excluding hydrogens is 418 g/mol. The van der Waals surface area contributed by atoms with E-state index < -0.39 is 17.9 Å². The molecule has 1 aliphatic heterocycles. The van der Waals surface area contributed by atoms with Crippen molar-refractivity contribution < 1.29 is 13.6 Å². The summed E-state index contributed by atoms with van der Waals surface area (Å²) < 4.78 is 28.3. The first-order valence-electron chi connectivity index (χ1n) is 9.09. The van der Waals surface area contributed by atoms with E-state index in [0.29, 0.717) is 29.8 Å². The van der Waals surface area contributed by atoms with Gasteiger partial charge in [-0.15, -0.1) is 0 Å². The van der Waals surface area contributed by atoms with E-state index >= 15 is 0 Å². The molecule has 30 heavy (non-hydrogen) atoms. The van der Waals surface area contributed by atoms with Crippen LogP contribution in [-0.4, -0.2) is 32.4 Å². The molecular formula is C19H17ClF2N6O2. The highest BCUT2D eigenvalue weighted by molar-refractivity contribution is 6.33. The van der Waals surface area contributed by atoms with E-state index in [1.165, 1.54) is 12.3 Å². The molecule has 0 spiro atoms. The highest BCUT2D eigenvalue weighted by Gasteiger charge is 2.29. The van der Waals surface area contributed by atoms with E-state index in [2.05, 4.69) is 15.3 Å². The fraction of sp³-hybridized carbons (Fsp3) is 0.263. The number of rotatable bonds is 5. The number of amides is 1. The van der Waals surface area contributed by atoms with Crippen LogP contribution in [0.2, 0.25) is 5.02 Å². The number of aromatic nitrogens is 4. The summed E-state index contributed by atoms with van der Waals surface area (Å²) in [6, 6.07) is 6.20. The van der Waals surface area contributed by atoms with Gasteiger partial charge in [-0.3, -0.25) is 14.3 Å². The lowest BCUT2D eigenvalue weighted by Gasteiger charge is -2.29. The highest BCUT2D eigenvalue weighted by Crippen LogP contribution is 2.30. The lowest BCUT2D eigenvalue weighted by atomic mass is 10.0. The topological polar surface area (TPSA) is 110 Å². The number of anilines is 1. The molecule has 1 amide bonds. The number of hydrogen-bond donors (Lipinski definition) is 2. The molecule has 0 aliphatic carbocycles. The number of benzene rings is 1. The van der Waals surface area contributed by atoms with Crippen LogP contribution >= 0.6 is 11.6 Å². The van der Waals surface area contributed by atoms with Crippen molar-refractivity contribution in [3.63, 3.8) is 0 Å². The average molecular weight is 435 g/mol. The molecule has 8 nitrogen and oxygen atoms in total. The molecule has 0 atom stereocenters. The summed E-state index contributed by atoms with van der Waals surface area (Å²) in [7, 11) is 0. The van der Waals surface area contributed by atoms with Crippen molar-refractivity contribution in [2.45, 2.75) is 25.9 Å². The Hall–Kier alpha value is -3.27. The van der Waals surface area contributed by atoms with Gasteiger partial charge >= 0.3 is 0 Å². The van der Waals surface area contributed by atoms with Crippen LogP contribution in [0.4, 0.5) is 14.5 Å². The number of carbonyl (C=O) groups is 1. The Morgan fingerprint density at radius 1 is 1.33 bits per heavy atom. The molecule has 1 aromatic carbocycles. The summed E-state index contributed by atoms with van der Waals surface area (Å²) in [5.41, 5.74) is 7.14. The van der Waals surface area contributed by atoms with Gasteiger partial charge in [-0.1, -0.05) is 35.9 Å². The third-order valence-electron chi connectivity index (χ3n) is 5.10. The second-order valence-corrected chi connectivity index (χ2v) is 7.24. The van der Waals surface area contributed by atoms with E-state index in [-0.39, 0.29) is 29.4 Å². The van der Waals surface area contributed by atoms with Crippen LogP contribution in [0.15, 0.2) is 35.3 Å². The first-order chi connectivity index (χ1) is 14.4. The molecule has 1 aliphatic rings. The molecule has 4 rings (SSSR count). The van der Waals surface area contributed by atoms with Gasteiger partial charge in [-0.2, -0.15) is 10.2 Å². The third kappa shape index (κ3) is 3.54. The van der Waals surface area contributed by atoms with E-state index in [1.807, 2.05) is 0 Å². The van der Waals surface area contributed by atoms with Crippen molar-refractivity contribution in [3.05, 3.63) is 73.9 Å². The van der Waals surface area contributed by atoms with Gasteiger partial charge in [0.15, 0.2) is 5.69 Å². The number of alkyl halides is 2. The van der Waals surface area contributed by atoms with Crippen molar-refractivity contribution in [1.29, 1.82) is 0 Å². The zero-order valence-corrected chi connectivity index (χ0v) is 16.4. The normalized spacial score (nSPS) is 13.5. The van der Waals surface area contributed by atoms with Gasteiger partial charge in [0, 0.05) is 36.3 Å². The number of nitrogens with zero attached hydrogens (tertiary/aromatic N) is 4. The van der Waals surface area contributed by atoms with E-state index in [0.717, 1.165) is 5.69 Å². The lowest BCUT2D eigenvalue weighted by Crippen LogP contribution is -2.33. The van der Waals surface area contributed by atoms with Crippen LogP contribution in [0, 0.1) is 0 Å². The second kappa shape index (κ2) is 7.86. The van der Waals surface area contributed by atoms with E-state index in [9.17, 15) is 18.4 Å². The Morgan fingerprint density at radius 3 is 2.83 bits per heavy atom. The fourth-order valence-corrected chi connectivity index (χ4v) is 3.88. The number of primary amides is 1. The number of halogens is 3. The van der Waals surface area contributed by atoms with Gasteiger partial charge in [0.2, 0.25) is 0 Å². The molecule has 0 bridgehead atoms. The fourth-order valence-electron chi connectivity index (χ4n) is 3.67. The minimum Gasteiger partial charge on any atom is -0.364 e. The number of H-pyrrole nitrogens is 1. The summed E-state index contributed by atoms with van der Waals surface area (Å²) in [6.07, 6.45) is -0.734. The average Bonchev–Trinajstić information content (AvgIpc) is 3.08. The highest BCUT2D eigenvalue weighted by atomic mass is 35.5. The van der Waals surface area contributed by atoms with E-state index in [4.69, 9.17) is 17.3 Å². The second-order valence-electron chi connectivity index (χ2n) is 6.87. The molecule has 3 aromatic rings. The van der Waals surface area contributed by atoms with Gasteiger partial charge in [0.25, 0.3) is 17.9 Å². The predicted molar refractivity (Wildman–Crippen MR) is 106 cm³/mol. The van der Waals surface area contributed by atoms with E-state index in [1.54, 1.807) is 27.8 Å². The van der Waals surface area contributed by atoms with Gasteiger partial charge in [0.1, 0.15) is 5.02 Å². The summed E-state index contributed by atoms with van der Waals surface area (Å²) in [6.45, 7) is 0.788. The van der Waals surface area contributed by atoms with Crippen LogP contribution < -0.4 is 16.2 Å². The van der Waals surface area contributed by atoms with Gasteiger partial charge in [0.05, 0.1) is 18.4 Å². The minimum atomic E-state index is -2.62. The van der Waals surface area contributed by atoms with Gasteiger partial charge < -0.3 is 10.6 Å². The molecule has 0 fully saturated rings. The lowest BCUT2D eigenvalue weighted by molar-refractivity contribution is 0.0993. The third-order valence-corrected chi connectivity index (χ3v) is 5.46. The number of nitrogens with one attached hydrogen (secondary N) is 1. The molecule has 156 valence electrons. The number of fused-ring (bicyclic) bond motifs is 1. The number of aromatic amines is 1. The number of hydrogen-bond acceptors (Lipinski definition) is 5. The smallest absolute Gasteiger partial charge is 0.285 e. The number of nitrogens with two attached hydrogens (primary N) is 1. The molecule has 0 unspecified atom stereocenters. The van der Waals surface area contributed by atoms with Crippen LogP contribution in [-0.2, 0) is 19.5 Å². The minimum absolute atomic E-state index is 0.00710. The molecule has 11 heteroatoms. The largest absolute Gasteiger partial charge is 0.364 e. The molecule has 3 N–H and O–H groups in total. The first kappa shape index (κ1) is 20.0. The Bertz CT molecular complexity index is 1180. The summed E-state index contributed by atoms with van der Waals surface area (Å²) >= 11 is 6.11. The van der Waals surface area contributed by atoms with Crippen molar-refractivity contribution >= 4 is 23.2 Å². The van der Waals surface area contributed by atoms with Crippen molar-refractivity contribution in [1.82, 2.24) is 20.0 Å². The van der Waals surface area contributed by atoms with Crippen LogP contribution in [0.1, 0.15) is 39.3 Å². The quantitative estimate of drug-likeness (QED) is 0.640. The zero-order chi connectivity index (χ0) is 21.4. The molecule has 2 aromatic heterocycles. The Labute approximate surface area is 174 Å². The Balaban J connectivity index is 1.72. The standard InChI is InChI=1S/C19H17ClF2N6O2/c20-15-14(7-24-25-19(15)30)27-6-5-13-12(9-27)16(18(23)29)26-28(13)8-10-3-1-2-4-11(10)17(21)22/h1-4,7,17H,5-6,8-9H2,(H2,23,29)(H,25,30). The maximum Gasteiger partial charge on any atom is 0.285 e. The predicted octanol–water partition coefficient (Wildman–Crippen LogP) is 2.27. The monoisotopic (exact) mass is 434 g/mol. The maximum atomic E-state index is 13.4. The molecule has 3 heterocycles. The Morgan fingerprint density at radius 2 is 2.10 bits per heavy atom. The van der Waals surface area contributed by atoms with Crippen molar-refractivity contribution in [2.75, 3.05) is 11.4 Å². The van der Waals surface area contributed by atoms with Gasteiger partial charge in [-0.25, -0.2) is 13.9 Å². The van der Waals surface area contributed by atoms with Crippen molar-refractivity contribution in [2.24, 2.45) is 5.73 Å². The molecule has 0 saturated carbocycles. The SMILES string of the molecule is NC(=O)c1nn(Cc2ccccc2C(F)F)c2c1CN(c1cn[nH]c(=O)c1Cl)CC2. The zero-order valence-electron chi connectivity index (χ0n) is 15.6. The molecule has 0 radical (unpaired) electrons. The summed E-state index contributed by atoms with van der Waals surface area (Å²) in [5.74, 6) is -0.718. The molecule has 0 saturated heterocycles. The van der Waals surface area contributed by atoms with Gasteiger partial charge in [-0.05, 0) is 5.56 Å². The Kier molecular flexibility index (Phi) is 5.25.